The van der Waals surface area contributed by atoms with Gasteiger partial charge in [-0.1, -0.05) is 23.3 Å². The zero-order valence-corrected chi connectivity index (χ0v) is 8.04. The lowest BCUT2D eigenvalue weighted by Crippen LogP contribution is -2.13. The molecule has 0 unspecified atom stereocenters. The number of carboxylic acids is 1. The normalized spacial score (nSPS) is 10.1. The number of rotatable bonds is 5. The lowest BCUT2D eigenvalue weighted by molar-refractivity contribution is 0.0685. The average Bonchev–Trinajstić information content (AvgIpc) is 2.52. The average molecular weight is 217 g/mol. The molecule has 1 aromatic heterocycles. The fraction of sp³-hybridized carbons (Fsp3) is 0.250. The number of aromatic carboxylic acids is 1. The Morgan fingerprint density at radius 3 is 3.00 bits per heavy atom. The molecule has 0 amide bonds. The summed E-state index contributed by atoms with van der Waals surface area (Å²) in [6.45, 7) is 4.28. The summed E-state index contributed by atoms with van der Waals surface area (Å²) < 4.78 is 4.74. The third-order valence-electron chi connectivity index (χ3n) is 1.39. The van der Waals surface area contributed by atoms with E-state index in [0.29, 0.717) is 23.9 Å². The lowest BCUT2D eigenvalue weighted by atomic mass is 10.3. The van der Waals surface area contributed by atoms with Gasteiger partial charge in [0.2, 0.25) is 0 Å². The number of nitrogens with zero attached hydrogens (tertiary/aromatic N) is 1. The molecule has 0 aromatic carbocycles. The van der Waals surface area contributed by atoms with Crippen LogP contribution in [0.4, 0.5) is 0 Å². The molecule has 1 heterocycles. The number of hydrogen-bond acceptors (Lipinski definition) is 4. The van der Waals surface area contributed by atoms with E-state index in [1.165, 1.54) is 6.07 Å². The zero-order chi connectivity index (χ0) is 10.6. The maximum atomic E-state index is 10.4. The summed E-state index contributed by atoms with van der Waals surface area (Å²) in [5.41, 5.74) is -0.105. The molecule has 14 heavy (non-hydrogen) atoms. The molecule has 0 saturated heterocycles. The number of carbonyl (C=O) groups is 1. The molecule has 76 valence electrons. The van der Waals surface area contributed by atoms with Gasteiger partial charge >= 0.3 is 5.97 Å². The summed E-state index contributed by atoms with van der Waals surface area (Å²) in [6, 6.07) is 1.35. The first-order valence-corrected chi connectivity index (χ1v) is 4.20. The van der Waals surface area contributed by atoms with Crippen molar-refractivity contribution in [2.45, 2.75) is 6.54 Å². The molecule has 0 aliphatic rings. The van der Waals surface area contributed by atoms with Gasteiger partial charge in [0.15, 0.2) is 11.5 Å². The third-order valence-corrected chi connectivity index (χ3v) is 1.53. The Morgan fingerprint density at radius 1 is 1.79 bits per heavy atom. The van der Waals surface area contributed by atoms with Crippen molar-refractivity contribution in [3.05, 3.63) is 29.1 Å². The van der Waals surface area contributed by atoms with Gasteiger partial charge in [-0.05, 0) is 0 Å². The summed E-state index contributed by atoms with van der Waals surface area (Å²) in [7, 11) is 0. The van der Waals surface area contributed by atoms with Crippen LogP contribution in [0.25, 0.3) is 0 Å². The van der Waals surface area contributed by atoms with Gasteiger partial charge in [-0.25, -0.2) is 4.79 Å². The van der Waals surface area contributed by atoms with Crippen LogP contribution in [0.5, 0.6) is 0 Å². The second kappa shape index (κ2) is 4.78. The van der Waals surface area contributed by atoms with Crippen molar-refractivity contribution in [1.29, 1.82) is 0 Å². The highest BCUT2D eigenvalue weighted by Crippen LogP contribution is 2.03. The van der Waals surface area contributed by atoms with Crippen molar-refractivity contribution in [3.8, 4) is 0 Å². The standard InChI is InChI=1S/C8H9ClN2O3/c1-5(9)3-10-4-6-2-7(8(12)13)11-14-6/h2,10H,1,3-4H2,(H,12,13). The Morgan fingerprint density at radius 2 is 2.50 bits per heavy atom. The second-order valence-corrected chi connectivity index (χ2v) is 3.14. The molecule has 0 radical (unpaired) electrons. The molecule has 1 rings (SSSR count). The topological polar surface area (TPSA) is 75.4 Å². The van der Waals surface area contributed by atoms with Crippen LogP contribution < -0.4 is 5.32 Å². The van der Waals surface area contributed by atoms with Crippen molar-refractivity contribution in [2.75, 3.05) is 6.54 Å². The molecule has 0 aliphatic heterocycles. The van der Waals surface area contributed by atoms with Crippen molar-refractivity contribution in [3.63, 3.8) is 0 Å². The first-order chi connectivity index (χ1) is 6.59. The summed E-state index contributed by atoms with van der Waals surface area (Å²) in [5, 5.41) is 15.2. The number of hydrogen-bond donors (Lipinski definition) is 2. The molecule has 6 heteroatoms. The van der Waals surface area contributed by atoms with Gasteiger partial charge < -0.3 is 14.9 Å². The molecule has 1 aromatic rings. The van der Waals surface area contributed by atoms with Gasteiger partial charge in [-0.15, -0.1) is 0 Å². The number of halogens is 1. The van der Waals surface area contributed by atoms with E-state index in [-0.39, 0.29) is 5.69 Å². The Bertz CT molecular complexity index is 348. The molecular weight excluding hydrogens is 208 g/mol. The molecule has 0 saturated carbocycles. The summed E-state index contributed by atoms with van der Waals surface area (Å²) in [4.78, 5) is 10.4. The zero-order valence-electron chi connectivity index (χ0n) is 7.29. The minimum absolute atomic E-state index is 0.105. The van der Waals surface area contributed by atoms with Crippen LogP contribution >= 0.6 is 11.6 Å². The van der Waals surface area contributed by atoms with E-state index in [1.807, 2.05) is 0 Å². The van der Waals surface area contributed by atoms with Crippen LogP contribution in [-0.2, 0) is 6.54 Å². The molecule has 5 nitrogen and oxygen atoms in total. The third kappa shape index (κ3) is 3.20. The fourth-order valence-corrected chi connectivity index (χ4v) is 0.913. The van der Waals surface area contributed by atoms with Crippen LogP contribution in [-0.4, -0.2) is 22.8 Å². The Kier molecular flexibility index (Phi) is 3.67. The predicted octanol–water partition coefficient (Wildman–Crippen LogP) is 1.21. The number of nitrogens with one attached hydrogen (secondary N) is 1. The van der Waals surface area contributed by atoms with Gasteiger partial charge in [-0.2, -0.15) is 0 Å². The van der Waals surface area contributed by atoms with Gasteiger partial charge in [0, 0.05) is 17.6 Å². The van der Waals surface area contributed by atoms with Gasteiger partial charge in [0.05, 0.1) is 6.54 Å². The Labute approximate surface area is 85.3 Å². The summed E-state index contributed by atoms with van der Waals surface area (Å²) in [6.07, 6.45) is 0. The van der Waals surface area contributed by atoms with Crippen LogP contribution in [0.1, 0.15) is 16.2 Å². The molecule has 0 bridgehead atoms. The van der Waals surface area contributed by atoms with E-state index >= 15 is 0 Å². The quantitative estimate of drug-likeness (QED) is 0.774. The van der Waals surface area contributed by atoms with Gasteiger partial charge in [0.25, 0.3) is 0 Å². The van der Waals surface area contributed by atoms with E-state index in [0.717, 1.165) is 0 Å². The van der Waals surface area contributed by atoms with E-state index in [2.05, 4.69) is 17.1 Å². The Hall–Kier alpha value is -1.33. The first-order valence-electron chi connectivity index (χ1n) is 3.82. The molecule has 2 N–H and O–H groups in total. The van der Waals surface area contributed by atoms with Crippen molar-refractivity contribution < 1.29 is 14.4 Å². The maximum Gasteiger partial charge on any atom is 0.358 e. The molecule has 0 atom stereocenters. The second-order valence-electron chi connectivity index (χ2n) is 2.60. The SMILES string of the molecule is C=C(Cl)CNCc1cc(C(=O)O)no1. The smallest absolute Gasteiger partial charge is 0.358 e. The number of aromatic nitrogens is 1. The monoisotopic (exact) mass is 216 g/mol. The highest BCUT2D eigenvalue weighted by Gasteiger charge is 2.09. The molecule has 0 fully saturated rings. The summed E-state index contributed by atoms with van der Waals surface area (Å²) in [5.74, 6) is -0.665. The highest BCUT2D eigenvalue weighted by molar-refractivity contribution is 6.29. The Balaban J connectivity index is 2.44. The van der Waals surface area contributed by atoms with Crippen LogP contribution in [0, 0.1) is 0 Å². The fourth-order valence-electron chi connectivity index (χ4n) is 0.818. The lowest BCUT2D eigenvalue weighted by Gasteiger charge is -1.97. The van der Waals surface area contributed by atoms with Crippen LogP contribution in [0.3, 0.4) is 0 Å². The molecule has 0 spiro atoms. The summed E-state index contributed by atoms with van der Waals surface area (Å²) >= 11 is 5.50. The number of carboxylic acid groups (broad SMARTS) is 1. The largest absolute Gasteiger partial charge is 0.476 e. The highest BCUT2D eigenvalue weighted by atomic mass is 35.5. The predicted molar refractivity (Wildman–Crippen MR) is 50.2 cm³/mol. The molecular formula is C8H9ClN2O3. The van der Waals surface area contributed by atoms with Crippen molar-refractivity contribution in [2.24, 2.45) is 0 Å². The van der Waals surface area contributed by atoms with Crippen LogP contribution in [0.15, 0.2) is 22.2 Å². The maximum absolute atomic E-state index is 10.4. The minimum Gasteiger partial charge on any atom is -0.476 e. The first kappa shape index (κ1) is 10.7. The van der Waals surface area contributed by atoms with E-state index in [4.69, 9.17) is 21.2 Å². The van der Waals surface area contributed by atoms with E-state index in [1.54, 1.807) is 0 Å². The van der Waals surface area contributed by atoms with E-state index in [9.17, 15) is 4.79 Å². The van der Waals surface area contributed by atoms with Crippen LogP contribution in [0.2, 0.25) is 0 Å². The van der Waals surface area contributed by atoms with E-state index < -0.39 is 5.97 Å². The minimum atomic E-state index is -1.11. The molecule has 0 aliphatic carbocycles. The van der Waals surface area contributed by atoms with Gasteiger partial charge in [0.1, 0.15) is 0 Å². The van der Waals surface area contributed by atoms with Crippen molar-refractivity contribution >= 4 is 17.6 Å². The van der Waals surface area contributed by atoms with Gasteiger partial charge in [-0.3, -0.25) is 0 Å². The van der Waals surface area contributed by atoms with Crippen molar-refractivity contribution in [1.82, 2.24) is 10.5 Å².